The Morgan fingerprint density at radius 2 is 1.67 bits per heavy atom. The van der Waals surface area contributed by atoms with Gasteiger partial charge in [-0.3, -0.25) is 9.59 Å². The lowest BCUT2D eigenvalue weighted by atomic mass is 10.1. The van der Waals surface area contributed by atoms with E-state index in [0.29, 0.717) is 12.2 Å². The van der Waals surface area contributed by atoms with Crippen molar-refractivity contribution in [1.29, 1.82) is 0 Å². The van der Waals surface area contributed by atoms with Gasteiger partial charge in [0.25, 0.3) is 0 Å². The molecule has 0 saturated heterocycles. The van der Waals surface area contributed by atoms with E-state index < -0.39 is 22.0 Å². The Balaban J connectivity index is 1.83. The van der Waals surface area contributed by atoms with Gasteiger partial charge < -0.3 is 15.0 Å². The average Bonchev–Trinajstić information content (AvgIpc) is 3.37. The van der Waals surface area contributed by atoms with Gasteiger partial charge in [-0.15, -0.1) is 0 Å². The zero-order valence-electron chi connectivity index (χ0n) is 21.6. The third kappa shape index (κ3) is 6.85. The van der Waals surface area contributed by atoms with Gasteiger partial charge in [0, 0.05) is 19.6 Å². The number of likely N-dealkylation sites (N-methyl/N-ethyl adjacent to an activating group) is 1. The predicted molar refractivity (Wildman–Crippen MR) is 139 cm³/mol. The molecule has 1 atom stereocenters. The van der Waals surface area contributed by atoms with E-state index in [1.54, 1.807) is 31.4 Å². The number of carbonyl (C=O) groups excluding carboxylic acids is 2. The van der Waals surface area contributed by atoms with Gasteiger partial charge in [0.05, 0.1) is 18.6 Å². The van der Waals surface area contributed by atoms with Crippen LogP contribution in [0.15, 0.2) is 53.4 Å². The normalized spacial score (nSPS) is 15.0. The number of methoxy groups -OCH3 is 1. The largest absolute Gasteiger partial charge is 0.497 e. The van der Waals surface area contributed by atoms with Crippen LogP contribution in [-0.4, -0.2) is 62.2 Å². The van der Waals surface area contributed by atoms with Gasteiger partial charge in [-0.2, -0.15) is 4.31 Å². The Kier molecular flexibility index (Phi) is 9.50. The maximum absolute atomic E-state index is 13.6. The smallest absolute Gasteiger partial charge is 0.243 e. The van der Waals surface area contributed by atoms with Crippen LogP contribution >= 0.6 is 0 Å². The molecule has 1 aliphatic carbocycles. The third-order valence-corrected chi connectivity index (χ3v) is 8.50. The Labute approximate surface area is 214 Å². The molecule has 2 aromatic rings. The van der Waals surface area contributed by atoms with E-state index in [4.69, 9.17) is 4.74 Å². The summed E-state index contributed by atoms with van der Waals surface area (Å²) in [6.45, 7) is 3.54. The molecule has 2 aromatic carbocycles. The molecule has 196 valence electrons. The second-order valence-electron chi connectivity index (χ2n) is 9.36. The lowest BCUT2D eigenvalue weighted by Gasteiger charge is -2.32. The van der Waals surface area contributed by atoms with Crippen LogP contribution in [0.3, 0.4) is 0 Å². The highest BCUT2D eigenvalue weighted by molar-refractivity contribution is 7.89. The average molecular weight is 516 g/mol. The van der Waals surface area contributed by atoms with Crippen molar-refractivity contribution in [3.05, 3.63) is 59.7 Å². The number of carbonyl (C=O) groups is 2. The minimum Gasteiger partial charge on any atom is -0.497 e. The van der Waals surface area contributed by atoms with Crippen molar-refractivity contribution in [3.63, 3.8) is 0 Å². The Bertz CT molecular complexity index is 1130. The summed E-state index contributed by atoms with van der Waals surface area (Å²) < 4.78 is 32.5. The van der Waals surface area contributed by atoms with Gasteiger partial charge in [0.2, 0.25) is 21.8 Å². The first-order valence-electron chi connectivity index (χ1n) is 12.4. The van der Waals surface area contributed by atoms with Gasteiger partial charge in [0.15, 0.2) is 0 Å². The number of benzene rings is 2. The van der Waals surface area contributed by atoms with Crippen LogP contribution in [0.1, 0.15) is 50.2 Å². The van der Waals surface area contributed by atoms with Crippen molar-refractivity contribution in [2.45, 2.75) is 69.5 Å². The molecule has 0 bridgehead atoms. The number of hydrogen-bond acceptors (Lipinski definition) is 5. The Hall–Kier alpha value is -2.91. The summed E-state index contributed by atoms with van der Waals surface area (Å²) >= 11 is 0. The molecule has 0 aromatic heterocycles. The first kappa shape index (κ1) is 27.7. The van der Waals surface area contributed by atoms with Crippen molar-refractivity contribution in [2.75, 3.05) is 20.7 Å². The van der Waals surface area contributed by atoms with Crippen molar-refractivity contribution in [3.8, 4) is 5.75 Å². The number of sulfonamides is 1. The maximum atomic E-state index is 13.6. The van der Waals surface area contributed by atoms with Crippen molar-refractivity contribution in [2.24, 2.45) is 0 Å². The molecular formula is C27H37N3O5S. The van der Waals surface area contributed by atoms with Crippen molar-refractivity contribution in [1.82, 2.24) is 14.5 Å². The summed E-state index contributed by atoms with van der Waals surface area (Å²) in [5, 5.41) is 3.10. The highest BCUT2D eigenvalue weighted by Gasteiger charge is 2.33. The van der Waals surface area contributed by atoms with Crippen LogP contribution in [0.4, 0.5) is 0 Å². The van der Waals surface area contributed by atoms with Crippen LogP contribution in [0, 0.1) is 6.92 Å². The number of rotatable bonds is 11. The predicted octanol–water partition coefficient (Wildman–Crippen LogP) is 3.49. The second-order valence-corrected chi connectivity index (χ2v) is 11.4. The maximum Gasteiger partial charge on any atom is 0.243 e. The minimum atomic E-state index is -3.87. The molecule has 3 rings (SSSR count). The topological polar surface area (TPSA) is 96.0 Å². The van der Waals surface area contributed by atoms with E-state index in [1.807, 2.05) is 26.0 Å². The van der Waals surface area contributed by atoms with Crippen LogP contribution in [-0.2, 0) is 26.2 Å². The number of nitrogens with one attached hydrogen (secondary N) is 1. The lowest BCUT2D eigenvalue weighted by Crippen LogP contribution is -2.53. The summed E-state index contributed by atoms with van der Waals surface area (Å²) in [4.78, 5) is 28.4. The standard InChI is InChI=1S/C27H37N3O5S/c1-5-25(27(32)28-22-8-6-7-9-22)30(18-21-12-14-23(35-4)15-13-21)26(31)19-29(3)36(33,34)24-16-10-20(2)11-17-24/h10-17,22,25H,5-9,18-19H2,1-4H3,(H,28,32). The molecule has 1 saturated carbocycles. The summed E-state index contributed by atoms with van der Waals surface area (Å²) in [7, 11) is -0.903. The second kappa shape index (κ2) is 12.4. The fourth-order valence-electron chi connectivity index (χ4n) is 4.47. The third-order valence-electron chi connectivity index (χ3n) is 6.69. The number of hydrogen-bond donors (Lipinski definition) is 1. The first-order valence-corrected chi connectivity index (χ1v) is 13.9. The van der Waals surface area contributed by atoms with E-state index in [1.165, 1.54) is 24.1 Å². The quantitative estimate of drug-likeness (QED) is 0.494. The van der Waals surface area contributed by atoms with E-state index >= 15 is 0 Å². The van der Waals surface area contributed by atoms with Crippen LogP contribution in [0.2, 0.25) is 0 Å². The fourth-order valence-corrected chi connectivity index (χ4v) is 5.59. The first-order chi connectivity index (χ1) is 17.1. The zero-order chi connectivity index (χ0) is 26.3. The molecule has 8 nitrogen and oxygen atoms in total. The van der Waals surface area contributed by atoms with Gasteiger partial charge in [-0.1, -0.05) is 49.6 Å². The molecular weight excluding hydrogens is 478 g/mol. The molecule has 9 heteroatoms. The molecule has 1 aliphatic rings. The summed E-state index contributed by atoms with van der Waals surface area (Å²) in [6, 6.07) is 13.2. The number of ether oxygens (including phenoxy) is 1. The molecule has 0 spiro atoms. The molecule has 36 heavy (non-hydrogen) atoms. The molecule has 0 radical (unpaired) electrons. The number of amides is 2. The van der Waals surface area contributed by atoms with E-state index in [-0.39, 0.29) is 29.9 Å². The zero-order valence-corrected chi connectivity index (χ0v) is 22.4. The fraction of sp³-hybridized carbons (Fsp3) is 0.481. The summed E-state index contributed by atoms with van der Waals surface area (Å²) in [5.41, 5.74) is 1.76. The summed E-state index contributed by atoms with van der Waals surface area (Å²) in [6.07, 6.45) is 4.45. The van der Waals surface area contributed by atoms with Crippen LogP contribution in [0.5, 0.6) is 5.75 Å². The highest BCUT2D eigenvalue weighted by atomic mass is 32.2. The summed E-state index contributed by atoms with van der Waals surface area (Å²) in [5.74, 6) is 0.0549. The molecule has 1 fully saturated rings. The Morgan fingerprint density at radius 1 is 1.06 bits per heavy atom. The number of aryl methyl sites for hydroxylation is 1. The van der Waals surface area contributed by atoms with E-state index in [0.717, 1.165) is 41.1 Å². The van der Waals surface area contributed by atoms with E-state index in [2.05, 4.69) is 5.32 Å². The molecule has 0 aliphatic heterocycles. The van der Waals surface area contributed by atoms with Crippen molar-refractivity contribution >= 4 is 21.8 Å². The monoisotopic (exact) mass is 515 g/mol. The van der Waals surface area contributed by atoms with Crippen LogP contribution < -0.4 is 10.1 Å². The molecule has 2 amide bonds. The molecule has 1 N–H and O–H groups in total. The SMILES string of the molecule is CCC(C(=O)NC1CCCC1)N(Cc1ccc(OC)cc1)C(=O)CN(C)S(=O)(=O)c1ccc(C)cc1. The van der Waals surface area contributed by atoms with E-state index in [9.17, 15) is 18.0 Å². The van der Waals surface area contributed by atoms with Gasteiger partial charge in [0.1, 0.15) is 11.8 Å². The van der Waals surface area contributed by atoms with Crippen molar-refractivity contribution < 1.29 is 22.7 Å². The Morgan fingerprint density at radius 3 is 2.22 bits per heavy atom. The van der Waals surface area contributed by atoms with Gasteiger partial charge in [-0.25, -0.2) is 8.42 Å². The highest BCUT2D eigenvalue weighted by Crippen LogP contribution is 2.21. The minimum absolute atomic E-state index is 0.120. The molecule has 0 heterocycles. The van der Waals surface area contributed by atoms with Gasteiger partial charge >= 0.3 is 0 Å². The van der Waals surface area contributed by atoms with Gasteiger partial charge in [-0.05, 0) is 56.0 Å². The number of nitrogens with zero attached hydrogens (tertiary/aromatic N) is 2. The lowest BCUT2D eigenvalue weighted by molar-refractivity contribution is -0.141. The van der Waals surface area contributed by atoms with Crippen LogP contribution in [0.25, 0.3) is 0 Å². The molecule has 1 unspecified atom stereocenters.